The molecule has 0 unspecified atom stereocenters. The molecule has 10 heteroatoms. The van der Waals surface area contributed by atoms with Gasteiger partial charge in [-0.25, -0.2) is 9.78 Å². The summed E-state index contributed by atoms with van der Waals surface area (Å²) < 4.78 is 37.3. The molecule has 4 rings (SSSR count). The van der Waals surface area contributed by atoms with Crippen molar-refractivity contribution in [1.82, 2.24) is 20.0 Å². The number of hydrogen-bond acceptors (Lipinski definition) is 4. The molecule has 1 N–H and O–H groups in total. The molecular formula is C19H16F3IrN4O2-. The number of carboxylic acids is 1. The predicted octanol–water partition coefficient (Wildman–Crippen LogP) is 3.74. The van der Waals surface area contributed by atoms with Gasteiger partial charge in [-0.1, -0.05) is 11.6 Å². The van der Waals surface area contributed by atoms with E-state index < -0.39 is 17.7 Å². The molecule has 155 valence electrons. The molecular weight excluding hydrogens is 565 g/mol. The van der Waals surface area contributed by atoms with E-state index in [-0.39, 0.29) is 25.8 Å². The van der Waals surface area contributed by atoms with Crippen LogP contribution < -0.4 is 0 Å². The van der Waals surface area contributed by atoms with Gasteiger partial charge in [0.15, 0.2) is 0 Å². The molecule has 0 atom stereocenters. The molecule has 0 fully saturated rings. The number of aromatic carboxylic acids is 1. The number of hydrogen-bond donors (Lipinski definition) is 1. The summed E-state index contributed by atoms with van der Waals surface area (Å²) in [5.41, 5.74) is 1.69. The fraction of sp³-hybridized carbons (Fsp3) is 0.263. The van der Waals surface area contributed by atoms with Gasteiger partial charge in [0.2, 0.25) is 0 Å². The van der Waals surface area contributed by atoms with Crippen LogP contribution >= 0.6 is 0 Å². The molecule has 1 aliphatic rings. The molecule has 1 aromatic carbocycles. The van der Waals surface area contributed by atoms with Gasteiger partial charge in [-0.15, -0.1) is 6.07 Å². The van der Waals surface area contributed by atoms with Crippen LogP contribution in [0.4, 0.5) is 13.2 Å². The van der Waals surface area contributed by atoms with Crippen LogP contribution in [0.3, 0.4) is 0 Å². The second-order valence-electron chi connectivity index (χ2n) is 6.07. The molecule has 0 bridgehead atoms. The third kappa shape index (κ3) is 5.95. The van der Waals surface area contributed by atoms with Crippen molar-refractivity contribution in [2.24, 2.45) is 0 Å². The van der Waals surface area contributed by atoms with E-state index >= 15 is 0 Å². The Morgan fingerprint density at radius 3 is 2.14 bits per heavy atom. The van der Waals surface area contributed by atoms with E-state index in [1.165, 1.54) is 23.1 Å². The summed E-state index contributed by atoms with van der Waals surface area (Å²) in [6.45, 7) is 0. The van der Waals surface area contributed by atoms with Crippen molar-refractivity contribution in [2.45, 2.75) is 31.9 Å². The van der Waals surface area contributed by atoms with E-state index in [9.17, 15) is 18.0 Å². The average molecular weight is 582 g/mol. The van der Waals surface area contributed by atoms with Crippen LogP contribution in [0.1, 0.15) is 40.3 Å². The number of aromatic nitrogens is 4. The monoisotopic (exact) mass is 582 g/mol. The molecule has 1 aliphatic carbocycles. The van der Waals surface area contributed by atoms with Crippen LogP contribution in [0.5, 0.6) is 0 Å². The minimum atomic E-state index is -4.34. The Kier molecular flexibility index (Phi) is 7.64. The van der Waals surface area contributed by atoms with Gasteiger partial charge in [0.05, 0.1) is 11.4 Å². The summed E-state index contributed by atoms with van der Waals surface area (Å²) in [5.74, 6) is -0.990. The number of nitrogens with zero attached hydrogens (tertiary/aromatic N) is 4. The normalized spacial score (nSPS) is 12.8. The van der Waals surface area contributed by atoms with Gasteiger partial charge in [-0.05, 0) is 43.5 Å². The summed E-state index contributed by atoms with van der Waals surface area (Å²) in [6, 6.07) is 10.6. The maximum Gasteiger partial charge on any atom is 0.370 e. The average Bonchev–Trinajstić information content (AvgIpc) is 3.13. The molecule has 0 saturated heterocycles. The van der Waals surface area contributed by atoms with Gasteiger partial charge in [-0.3, -0.25) is 0 Å². The molecule has 2 heterocycles. The van der Waals surface area contributed by atoms with Crippen LogP contribution in [-0.4, -0.2) is 31.1 Å². The van der Waals surface area contributed by atoms with E-state index in [2.05, 4.69) is 21.2 Å². The van der Waals surface area contributed by atoms with Crippen molar-refractivity contribution in [3.63, 3.8) is 0 Å². The first-order valence-electron chi connectivity index (χ1n) is 8.53. The van der Waals surface area contributed by atoms with E-state index in [1.54, 1.807) is 12.1 Å². The van der Waals surface area contributed by atoms with Gasteiger partial charge < -0.3 is 5.11 Å². The zero-order valence-electron chi connectivity index (χ0n) is 15.0. The number of carboxylic acid groups (broad SMARTS) is 1. The van der Waals surface area contributed by atoms with Crippen molar-refractivity contribution < 1.29 is 43.2 Å². The number of aryl methyl sites for hydroxylation is 2. The van der Waals surface area contributed by atoms with E-state index in [1.807, 2.05) is 0 Å². The smallest absolute Gasteiger partial charge is 0.370 e. The topological polar surface area (TPSA) is 80.9 Å². The first-order chi connectivity index (χ1) is 13.3. The first kappa shape index (κ1) is 22.7. The number of fused-ring (bicyclic) bond motifs is 1. The Hall–Kier alpha value is -2.58. The number of pyridine rings is 1. The third-order valence-electron chi connectivity index (χ3n) is 4.06. The molecule has 0 amide bonds. The zero-order chi connectivity index (χ0) is 20.1. The zero-order valence-corrected chi connectivity index (χ0v) is 17.4. The molecule has 0 aliphatic heterocycles. The van der Waals surface area contributed by atoms with E-state index in [0.29, 0.717) is 5.69 Å². The number of benzene rings is 1. The Bertz CT molecular complexity index is 921. The fourth-order valence-electron chi connectivity index (χ4n) is 2.65. The van der Waals surface area contributed by atoms with E-state index in [4.69, 9.17) is 5.11 Å². The summed E-state index contributed by atoms with van der Waals surface area (Å²) in [5, 5.41) is 16.9. The third-order valence-corrected chi connectivity index (χ3v) is 4.06. The summed E-state index contributed by atoms with van der Waals surface area (Å²) in [7, 11) is 0. The van der Waals surface area contributed by atoms with Gasteiger partial charge in [-0.2, -0.15) is 46.4 Å². The van der Waals surface area contributed by atoms with E-state index in [0.717, 1.165) is 49.2 Å². The number of alkyl halides is 3. The molecule has 0 spiro atoms. The Morgan fingerprint density at radius 2 is 1.72 bits per heavy atom. The second kappa shape index (κ2) is 9.75. The quantitative estimate of drug-likeness (QED) is 0.467. The summed E-state index contributed by atoms with van der Waals surface area (Å²) in [4.78, 5) is 15.1. The van der Waals surface area contributed by atoms with Crippen molar-refractivity contribution >= 4 is 5.97 Å². The first-order valence-corrected chi connectivity index (χ1v) is 8.53. The van der Waals surface area contributed by atoms with Gasteiger partial charge >= 0.3 is 12.1 Å². The largest absolute Gasteiger partial charge is 0.477 e. The molecule has 29 heavy (non-hydrogen) atoms. The maximum absolute atomic E-state index is 12.4. The molecule has 2 aromatic heterocycles. The van der Waals surface area contributed by atoms with Crippen molar-refractivity contribution in [3.05, 3.63) is 71.3 Å². The number of carbonyl (C=O) groups is 1. The SMILES string of the molecule is FC(F)(F)c1c[c-]c(-n2nc3c(n2)CCCC3)cc1.O=C(O)c1ccccn1.[Ir]. The van der Waals surface area contributed by atoms with Gasteiger partial charge in [0.1, 0.15) is 5.69 Å². The van der Waals surface area contributed by atoms with Gasteiger partial charge in [0.25, 0.3) is 0 Å². The molecule has 1 radical (unpaired) electrons. The van der Waals surface area contributed by atoms with Crippen molar-refractivity contribution in [2.75, 3.05) is 0 Å². The predicted molar refractivity (Wildman–Crippen MR) is 93.0 cm³/mol. The maximum atomic E-state index is 12.4. The van der Waals surface area contributed by atoms with Gasteiger partial charge in [0, 0.05) is 26.3 Å². The number of rotatable bonds is 2. The Labute approximate surface area is 178 Å². The van der Waals surface area contributed by atoms with Crippen LogP contribution in [0.25, 0.3) is 5.69 Å². The van der Waals surface area contributed by atoms with Crippen LogP contribution in [0, 0.1) is 6.07 Å². The molecule has 0 saturated carbocycles. The number of halogens is 3. The minimum Gasteiger partial charge on any atom is -0.477 e. The Balaban J connectivity index is 0.000000255. The van der Waals surface area contributed by atoms with Crippen LogP contribution in [-0.2, 0) is 39.1 Å². The van der Waals surface area contributed by atoms with Crippen molar-refractivity contribution in [3.8, 4) is 5.69 Å². The minimum absolute atomic E-state index is 0. The van der Waals surface area contributed by atoms with Crippen LogP contribution in [0.15, 0.2) is 42.6 Å². The summed E-state index contributed by atoms with van der Waals surface area (Å²) in [6.07, 6.45) is 1.05. The molecule has 3 aromatic rings. The Morgan fingerprint density at radius 1 is 1.07 bits per heavy atom. The fourth-order valence-corrected chi connectivity index (χ4v) is 2.65. The standard InChI is InChI=1S/C13H11F3N3.C6H5NO2.Ir/c14-13(15,16)9-5-7-10(8-6-9)19-17-11-3-1-2-4-12(11)18-19;8-6(9)5-3-1-2-4-7-5;/h5-7H,1-4H2;1-4H,(H,8,9);/q-1;;. The van der Waals surface area contributed by atoms with Crippen molar-refractivity contribution in [1.29, 1.82) is 0 Å². The summed E-state index contributed by atoms with van der Waals surface area (Å²) >= 11 is 0. The van der Waals surface area contributed by atoms with Crippen LogP contribution in [0.2, 0.25) is 0 Å². The molecule has 6 nitrogen and oxygen atoms in total. The second-order valence-corrected chi connectivity index (χ2v) is 6.07.